The molecule has 1 aromatic rings. The Morgan fingerprint density at radius 2 is 2.29 bits per heavy atom. The van der Waals surface area contributed by atoms with Crippen molar-refractivity contribution in [3.05, 3.63) is 21.0 Å². The van der Waals surface area contributed by atoms with Crippen LogP contribution in [0.3, 0.4) is 0 Å². The number of carboxylic acid groups (broad SMARTS) is 1. The van der Waals surface area contributed by atoms with E-state index in [9.17, 15) is 4.79 Å². The van der Waals surface area contributed by atoms with Gasteiger partial charge in [-0.15, -0.1) is 0 Å². The molecule has 1 saturated heterocycles. The summed E-state index contributed by atoms with van der Waals surface area (Å²) in [6.07, 6.45) is 0. The molecular weight excluding hydrogens is 354 g/mol. The Labute approximate surface area is 116 Å². The van der Waals surface area contributed by atoms with Crippen LogP contribution < -0.4 is 0 Å². The molecule has 2 atom stereocenters. The Morgan fingerprint density at radius 3 is 2.76 bits per heavy atom. The lowest BCUT2D eigenvalue weighted by Gasteiger charge is -2.12. The third kappa shape index (κ3) is 2.92. The third-order valence-electron chi connectivity index (χ3n) is 3.08. The van der Waals surface area contributed by atoms with Gasteiger partial charge in [0.2, 0.25) is 0 Å². The fourth-order valence-electron chi connectivity index (χ4n) is 2.21. The van der Waals surface area contributed by atoms with E-state index in [4.69, 9.17) is 9.52 Å². The molecule has 6 heteroatoms. The molecule has 94 valence electrons. The summed E-state index contributed by atoms with van der Waals surface area (Å²) in [5.41, 5.74) is 0. The second kappa shape index (κ2) is 5.12. The van der Waals surface area contributed by atoms with Crippen LogP contribution in [0.2, 0.25) is 0 Å². The molecule has 0 saturated carbocycles. The lowest BCUT2D eigenvalue weighted by atomic mass is 9.99. The second-order valence-corrected chi connectivity index (χ2v) is 6.03. The van der Waals surface area contributed by atoms with E-state index >= 15 is 0 Å². The van der Waals surface area contributed by atoms with Crippen LogP contribution in [-0.4, -0.2) is 29.1 Å². The van der Waals surface area contributed by atoms with Crippen molar-refractivity contribution in [2.45, 2.75) is 13.5 Å². The number of rotatable bonds is 3. The van der Waals surface area contributed by atoms with Crippen molar-refractivity contribution in [1.82, 2.24) is 4.90 Å². The maximum absolute atomic E-state index is 11.0. The summed E-state index contributed by atoms with van der Waals surface area (Å²) in [7, 11) is 0. The Morgan fingerprint density at radius 1 is 1.59 bits per heavy atom. The number of carboxylic acids is 1. The highest BCUT2D eigenvalue weighted by molar-refractivity contribution is 9.13. The fourth-order valence-corrected chi connectivity index (χ4v) is 2.87. The molecule has 1 N–H and O–H groups in total. The largest absolute Gasteiger partial charge is 0.481 e. The zero-order valence-electron chi connectivity index (χ0n) is 9.32. The molecule has 2 rings (SSSR count). The Hall–Kier alpha value is -0.330. The summed E-state index contributed by atoms with van der Waals surface area (Å²) in [6.45, 7) is 4.02. The highest BCUT2D eigenvalue weighted by atomic mass is 79.9. The highest BCUT2D eigenvalue weighted by Crippen LogP contribution is 2.29. The topological polar surface area (TPSA) is 53.7 Å². The minimum absolute atomic E-state index is 0.189. The predicted molar refractivity (Wildman–Crippen MR) is 69.7 cm³/mol. The van der Waals surface area contributed by atoms with E-state index in [-0.39, 0.29) is 11.8 Å². The van der Waals surface area contributed by atoms with Crippen LogP contribution in [0.1, 0.15) is 12.7 Å². The summed E-state index contributed by atoms with van der Waals surface area (Å²) in [4.78, 5) is 13.1. The number of halogens is 2. The molecule has 0 radical (unpaired) electrons. The lowest BCUT2D eigenvalue weighted by molar-refractivity contribution is -0.142. The molecule has 0 aromatic carbocycles. The van der Waals surface area contributed by atoms with Crippen molar-refractivity contribution >= 4 is 37.8 Å². The van der Waals surface area contributed by atoms with Gasteiger partial charge in [0.1, 0.15) is 5.76 Å². The second-order valence-electron chi connectivity index (χ2n) is 4.45. The first-order valence-corrected chi connectivity index (χ1v) is 6.95. The van der Waals surface area contributed by atoms with E-state index in [1.807, 2.05) is 13.0 Å². The van der Waals surface area contributed by atoms with E-state index in [1.165, 1.54) is 0 Å². The molecule has 1 aromatic heterocycles. The van der Waals surface area contributed by atoms with Gasteiger partial charge in [-0.25, -0.2) is 0 Å². The van der Waals surface area contributed by atoms with Gasteiger partial charge in [-0.3, -0.25) is 9.69 Å². The normalized spacial score (nSPS) is 25.4. The number of hydrogen-bond acceptors (Lipinski definition) is 3. The summed E-state index contributed by atoms with van der Waals surface area (Å²) < 4.78 is 7.05. The predicted octanol–water partition coefficient (Wildman–Crippen LogP) is 2.96. The van der Waals surface area contributed by atoms with E-state index < -0.39 is 5.97 Å². The zero-order valence-corrected chi connectivity index (χ0v) is 12.5. The molecule has 1 fully saturated rings. The SMILES string of the molecule is C[C@@H]1CN(Cc2cc(Br)c(Br)o2)C[C@H]1C(=O)O. The van der Waals surface area contributed by atoms with E-state index in [1.54, 1.807) is 0 Å². The van der Waals surface area contributed by atoms with Gasteiger partial charge in [0.25, 0.3) is 0 Å². The quantitative estimate of drug-likeness (QED) is 0.893. The molecule has 0 unspecified atom stereocenters. The standard InChI is InChI=1S/C11H13Br2NO3/c1-6-3-14(5-8(6)11(15)16)4-7-2-9(12)10(13)17-7/h2,6,8H,3-5H2,1H3,(H,15,16)/t6-,8-/m1/s1. The monoisotopic (exact) mass is 365 g/mol. The van der Waals surface area contributed by atoms with E-state index in [0.717, 1.165) is 16.8 Å². The number of nitrogens with zero attached hydrogens (tertiary/aromatic N) is 1. The van der Waals surface area contributed by atoms with Gasteiger partial charge in [0.05, 0.1) is 16.9 Å². The maximum atomic E-state index is 11.0. The summed E-state index contributed by atoms with van der Waals surface area (Å²) >= 11 is 6.65. The van der Waals surface area contributed by atoms with Gasteiger partial charge in [-0.1, -0.05) is 6.92 Å². The fraction of sp³-hybridized carbons (Fsp3) is 0.545. The van der Waals surface area contributed by atoms with Gasteiger partial charge in [0, 0.05) is 13.1 Å². The first-order chi connectivity index (χ1) is 7.97. The van der Waals surface area contributed by atoms with Crippen molar-refractivity contribution < 1.29 is 14.3 Å². The molecule has 1 aliphatic rings. The van der Waals surface area contributed by atoms with Crippen LogP contribution in [0.5, 0.6) is 0 Å². The van der Waals surface area contributed by atoms with Crippen molar-refractivity contribution in [2.75, 3.05) is 13.1 Å². The Kier molecular flexibility index (Phi) is 3.95. The molecule has 4 nitrogen and oxygen atoms in total. The van der Waals surface area contributed by atoms with Crippen molar-refractivity contribution in [3.8, 4) is 0 Å². The van der Waals surface area contributed by atoms with Crippen molar-refractivity contribution in [2.24, 2.45) is 11.8 Å². The molecule has 0 amide bonds. The average molecular weight is 367 g/mol. The number of furan rings is 1. The van der Waals surface area contributed by atoms with Crippen LogP contribution in [0, 0.1) is 11.8 Å². The van der Waals surface area contributed by atoms with E-state index in [0.29, 0.717) is 17.8 Å². The molecule has 0 bridgehead atoms. The van der Waals surface area contributed by atoms with Gasteiger partial charge in [-0.2, -0.15) is 0 Å². The van der Waals surface area contributed by atoms with E-state index in [2.05, 4.69) is 36.8 Å². The first kappa shape index (κ1) is 13.1. The van der Waals surface area contributed by atoms with Crippen molar-refractivity contribution in [1.29, 1.82) is 0 Å². The van der Waals surface area contributed by atoms with Gasteiger partial charge in [-0.05, 0) is 43.8 Å². The van der Waals surface area contributed by atoms with Gasteiger partial charge < -0.3 is 9.52 Å². The Bertz CT molecular complexity index is 413. The van der Waals surface area contributed by atoms with Crippen LogP contribution >= 0.6 is 31.9 Å². The van der Waals surface area contributed by atoms with Crippen LogP contribution in [-0.2, 0) is 11.3 Å². The highest BCUT2D eigenvalue weighted by Gasteiger charge is 2.34. The third-order valence-corrected chi connectivity index (χ3v) is 4.79. The lowest BCUT2D eigenvalue weighted by Crippen LogP contribution is -2.22. The Balaban J connectivity index is 2.00. The summed E-state index contributed by atoms with van der Waals surface area (Å²) in [6, 6.07) is 1.91. The summed E-state index contributed by atoms with van der Waals surface area (Å²) in [5, 5.41) is 9.05. The molecule has 0 spiro atoms. The smallest absolute Gasteiger partial charge is 0.308 e. The molecule has 1 aliphatic heterocycles. The van der Waals surface area contributed by atoms with Gasteiger partial charge >= 0.3 is 5.97 Å². The van der Waals surface area contributed by atoms with Crippen LogP contribution in [0.25, 0.3) is 0 Å². The number of likely N-dealkylation sites (tertiary alicyclic amines) is 1. The molecule has 2 heterocycles. The van der Waals surface area contributed by atoms with Crippen LogP contribution in [0.15, 0.2) is 19.6 Å². The van der Waals surface area contributed by atoms with Crippen LogP contribution in [0.4, 0.5) is 0 Å². The summed E-state index contributed by atoms with van der Waals surface area (Å²) in [5.74, 6) is 0.0509. The number of carbonyl (C=O) groups is 1. The average Bonchev–Trinajstić information content (AvgIpc) is 2.72. The zero-order chi connectivity index (χ0) is 12.6. The number of aliphatic carboxylic acids is 1. The molecular formula is C11H13Br2NO3. The first-order valence-electron chi connectivity index (χ1n) is 5.36. The molecule has 17 heavy (non-hydrogen) atoms. The number of hydrogen-bond donors (Lipinski definition) is 1. The van der Waals surface area contributed by atoms with Gasteiger partial charge in [0.15, 0.2) is 4.67 Å². The minimum Gasteiger partial charge on any atom is -0.481 e. The van der Waals surface area contributed by atoms with Crippen molar-refractivity contribution in [3.63, 3.8) is 0 Å². The molecule has 0 aliphatic carbocycles. The maximum Gasteiger partial charge on any atom is 0.308 e. The minimum atomic E-state index is -0.707.